The van der Waals surface area contributed by atoms with Crippen LogP contribution >= 0.6 is 11.6 Å². The zero-order valence-electron chi connectivity index (χ0n) is 6.40. The average Bonchev–Trinajstić information content (AvgIpc) is 2.13. The second kappa shape index (κ2) is 30.0. The van der Waals surface area contributed by atoms with Gasteiger partial charge in [-0.05, 0) is 5.57 Å². The Bertz CT molecular complexity index is 189. The molecule has 0 radical (unpaired) electrons. The monoisotopic (exact) mass is 240 g/mol. The van der Waals surface area contributed by atoms with Crippen molar-refractivity contribution >= 4 is 11.6 Å². The Kier molecular flexibility index (Phi) is 52.8. The molecule has 0 saturated heterocycles. The maximum Gasteiger partial charge on any atom is 0 e. The van der Waals surface area contributed by atoms with Crippen LogP contribution in [0.1, 0.15) is 0 Å². The molecule has 0 amide bonds. The molecular formula is C8H5ClFeO3. The van der Waals surface area contributed by atoms with Crippen molar-refractivity contribution in [1.29, 1.82) is 0 Å². The molecule has 5 heteroatoms. The smallest absolute Gasteiger partial charge is 0 e. The third kappa shape index (κ3) is 18.5. The minimum Gasteiger partial charge on any atom is 0 e. The van der Waals surface area contributed by atoms with Crippen molar-refractivity contribution in [2.45, 2.75) is 0 Å². The molecule has 0 aromatic carbocycles. The summed E-state index contributed by atoms with van der Waals surface area (Å²) < 4.78 is 22.5. The normalized spacial score (nSPS) is 8.08. The summed E-state index contributed by atoms with van der Waals surface area (Å²) in [7, 11) is 0. The fourth-order valence-corrected chi connectivity index (χ4v) is 0.500. The third-order valence-corrected chi connectivity index (χ3v) is 1.08. The van der Waals surface area contributed by atoms with Gasteiger partial charge in [0.25, 0.3) is 0 Å². The van der Waals surface area contributed by atoms with Gasteiger partial charge in [-0.25, -0.2) is 0 Å². The topological polar surface area (TPSA) is 59.7 Å². The third-order valence-electron chi connectivity index (χ3n) is 0.775. The van der Waals surface area contributed by atoms with Gasteiger partial charge in [-0.15, -0.1) is 11.6 Å². The van der Waals surface area contributed by atoms with Gasteiger partial charge in [0.15, 0.2) is 0 Å². The maximum absolute atomic E-state index is 7.50. The molecule has 0 unspecified atom stereocenters. The molecule has 13 heavy (non-hydrogen) atoms. The molecule has 1 aliphatic carbocycles. The largest absolute Gasteiger partial charge is 0 e. The van der Waals surface area contributed by atoms with Crippen LogP contribution in [0.2, 0.25) is 0 Å². The van der Waals surface area contributed by atoms with Crippen molar-refractivity contribution < 1.29 is 31.0 Å². The number of alkyl halides is 1. The molecular weight excluding hydrogens is 235 g/mol. The van der Waals surface area contributed by atoms with Crippen LogP contribution in [-0.4, -0.2) is 5.88 Å². The summed E-state index contributed by atoms with van der Waals surface area (Å²) in [5, 5.41) is 0. The first-order valence-corrected chi connectivity index (χ1v) is 3.01. The van der Waals surface area contributed by atoms with Crippen LogP contribution in [0, 0.1) is 20.0 Å². The first-order chi connectivity index (χ1) is 5.93. The van der Waals surface area contributed by atoms with Crippen LogP contribution in [-0.2, 0) is 31.0 Å². The minimum atomic E-state index is 0. The van der Waals surface area contributed by atoms with E-state index in [1.54, 1.807) is 0 Å². The number of hydrogen-bond acceptors (Lipinski definition) is 0. The van der Waals surface area contributed by atoms with Gasteiger partial charge in [-0.1, -0.05) is 18.2 Å². The summed E-state index contributed by atoms with van der Waals surface area (Å²) in [5.41, 5.74) is 1.23. The van der Waals surface area contributed by atoms with Crippen LogP contribution in [0.4, 0.5) is 0 Å². The van der Waals surface area contributed by atoms with Crippen molar-refractivity contribution in [2.75, 3.05) is 5.88 Å². The zero-order chi connectivity index (χ0) is 10.4. The molecule has 0 aromatic rings. The fraction of sp³-hybridized carbons (Fsp3) is 0.125. The summed E-state index contributed by atoms with van der Waals surface area (Å²) in [4.78, 5) is 0. The summed E-state index contributed by atoms with van der Waals surface area (Å²) in [5.74, 6) is 0.663. The number of rotatable bonds is 1. The van der Waals surface area contributed by atoms with E-state index >= 15 is 0 Å². The first kappa shape index (κ1) is 22.9. The van der Waals surface area contributed by atoms with Gasteiger partial charge in [-0.2, -0.15) is 0 Å². The molecule has 3 nitrogen and oxygen atoms in total. The van der Waals surface area contributed by atoms with E-state index in [0.29, 0.717) is 5.88 Å². The Morgan fingerprint density at radius 3 is 1.38 bits per heavy atom. The fourth-order valence-electron chi connectivity index (χ4n) is 0.321. The molecule has 70 valence electrons. The van der Waals surface area contributed by atoms with Gasteiger partial charge >= 0.3 is 33.9 Å². The molecule has 0 aromatic heterocycles. The predicted octanol–water partition coefficient (Wildman–Crippen LogP) is 1.61. The van der Waals surface area contributed by atoms with Crippen molar-refractivity contribution in [2.24, 2.45) is 0 Å². The minimum absolute atomic E-state index is 0. The van der Waals surface area contributed by atoms with E-state index in [1.165, 1.54) is 5.57 Å². The van der Waals surface area contributed by atoms with E-state index < -0.39 is 0 Å². The SMILES string of the molecule is ClCC1=CC=C1.[C-]#[O+].[C-]#[O+].[C-]#[O+].[Fe]. The van der Waals surface area contributed by atoms with Crippen LogP contribution in [0.15, 0.2) is 23.8 Å². The average molecular weight is 240 g/mol. The van der Waals surface area contributed by atoms with Gasteiger partial charge in [0.1, 0.15) is 0 Å². The Labute approximate surface area is 92.5 Å². The molecule has 1 rings (SSSR count). The number of halogens is 1. The van der Waals surface area contributed by atoms with Crippen LogP contribution in [0.3, 0.4) is 0 Å². The summed E-state index contributed by atoms with van der Waals surface area (Å²) >= 11 is 5.38. The van der Waals surface area contributed by atoms with Crippen molar-refractivity contribution in [3.63, 3.8) is 0 Å². The van der Waals surface area contributed by atoms with Crippen LogP contribution in [0.5, 0.6) is 0 Å². The van der Waals surface area contributed by atoms with E-state index in [4.69, 9.17) is 25.6 Å². The van der Waals surface area contributed by atoms with Gasteiger partial charge in [0, 0.05) is 22.9 Å². The van der Waals surface area contributed by atoms with Gasteiger partial charge in [-0.3, -0.25) is 0 Å². The van der Waals surface area contributed by atoms with Gasteiger partial charge in [0.05, 0.1) is 0 Å². The van der Waals surface area contributed by atoms with E-state index in [9.17, 15) is 0 Å². The van der Waals surface area contributed by atoms with Gasteiger partial charge in [0.2, 0.25) is 0 Å². The molecule has 0 heterocycles. The zero-order valence-corrected chi connectivity index (χ0v) is 8.26. The summed E-state index contributed by atoms with van der Waals surface area (Å²) in [6, 6.07) is 0. The molecule has 0 atom stereocenters. The van der Waals surface area contributed by atoms with E-state index in [-0.39, 0.29) is 17.1 Å². The van der Waals surface area contributed by atoms with Crippen molar-refractivity contribution in [3.05, 3.63) is 43.8 Å². The molecule has 0 aliphatic heterocycles. The first-order valence-electron chi connectivity index (χ1n) is 2.48. The Hall–Kier alpha value is -0.491. The molecule has 0 N–H and O–H groups in total. The quantitative estimate of drug-likeness (QED) is 0.289. The molecule has 0 fully saturated rings. The van der Waals surface area contributed by atoms with Crippen molar-refractivity contribution in [3.8, 4) is 0 Å². The van der Waals surface area contributed by atoms with E-state index in [2.05, 4.69) is 20.0 Å². The maximum atomic E-state index is 7.50. The Morgan fingerprint density at radius 1 is 1.08 bits per heavy atom. The standard InChI is InChI=1S/C5H5Cl.3CO.Fe/c6-4-5-2-1-3-5;3*1-2;/h1-3H,4H2;;;;. The molecule has 0 saturated carbocycles. The summed E-state index contributed by atoms with van der Waals surface area (Å²) in [6.07, 6.45) is 6.00. The van der Waals surface area contributed by atoms with Crippen molar-refractivity contribution in [1.82, 2.24) is 0 Å². The second-order valence-electron chi connectivity index (χ2n) is 1.23. The summed E-state index contributed by atoms with van der Waals surface area (Å²) in [6.45, 7) is 13.5. The van der Waals surface area contributed by atoms with Crippen LogP contribution < -0.4 is 0 Å². The predicted molar refractivity (Wildman–Crippen MR) is 39.7 cm³/mol. The molecule has 1 aliphatic rings. The van der Waals surface area contributed by atoms with Crippen LogP contribution in [0.25, 0.3) is 0 Å². The van der Waals surface area contributed by atoms with E-state index in [0.717, 1.165) is 0 Å². The Morgan fingerprint density at radius 2 is 1.38 bits per heavy atom. The molecule has 0 spiro atoms. The van der Waals surface area contributed by atoms with E-state index in [1.807, 2.05) is 18.2 Å². The second-order valence-corrected chi connectivity index (χ2v) is 1.50. The van der Waals surface area contributed by atoms with Gasteiger partial charge < -0.3 is 0 Å². The Balaban J connectivity index is -0.0000000508. The molecule has 0 bridgehead atoms. The number of allylic oxidation sites excluding steroid dienone is 4. The number of hydrogen-bond donors (Lipinski definition) is 0.